The fraction of sp³-hybridized carbons (Fsp3) is 0.286. The van der Waals surface area contributed by atoms with Crippen molar-refractivity contribution in [1.82, 2.24) is 20.6 Å². The van der Waals surface area contributed by atoms with Crippen molar-refractivity contribution in [2.24, 2.45) is 4.99 Å². The molecule has 0 aliphatic heterocycles. The number of nitriles is 1. The number of benzene rings is 1. The van der Waals surface area contributed by atoms with Gasteiger partial charge in [0.2, 0.25) is 0 Å². The van der Waals surface area contributed by atoms with Gasteiger partial charge in [-0.1, -0.05) is 0 Å². The van der Waals surface area contributed by atoms with Crippen LogP contribution in [0.4, 0.5) is 10.2 Å². The number of nitrogens with two attached hydrogens (primary N) is 1. The van der Waals surface area contributed by atoms with Crippen LogP contribution in [-0.2, 0) is 0 Å². The maximum atomic E-state index is 13.8. The third-order valence-electron chi connectivity index (χ3n) is 4.52. The number of carboxylic acids is 1. The number of hydrogen-bond acceptors (Lipinski definition) is 9. The van der Waals surface area contributed by atoms with Crippen LogP contribution in [0.1, 0.15) is 34.6 Å². The number of ether oxygens (including phenoxy) is 1. The molecule has 0 spiro atoms. The van der Waals surface area contributed by atoms with E-state index < -0.39 is 17.9 Å². The van der Waals surface area contributed by atoms with Gasteiger partial charge in [0.25, 0.3) is 5.88 Å². The smallest absolute Gasteiger partial charge is 0.336 e. The number of allylic oxidation sites excluding steroid dienone is 1. The van der Waals surface area contributed by atoms with Crippen LogP contribution in [0.5, 0.6) is 5.88 Å². The first-order chi connectivity index (χ1) is 15.3. The third kappa shape index (κ3) is 5.35. The van der Waals surface area contributed by atoms with Crippen LogP contribution in [0.15, 0.2) is 35.1 Å². The molecule has 0 aliphatic rings. The topological polar surface area (TPSA) is 159 Å². The van der Waals surface area contributed by atoms with Crippen LogP contribution in [-0.4, -0.2) is 54.4 Å². The van der Waals surface area contributed by atoms with Crippen molar-refractivity contribution in [3.05, 3.63) is 52.7 Å². The number of anilines is 1. The second-order valence-electron chi connectivity index (χ2n) is 6.56. The summed E-state index contributed by atoms with van der Waals surface area (Å²) in [6.45, 7) is 1.93. The molecule has 0 fully saturated rings. The Morgan fingerprint density at radius 1 is 1.44 bits per heavy atom. The number of aromatic carboxylic acids is 1. The van der Waals surface area contributed by atoms with Gasteiger partial charge in [-0.3, -0.25) is 4.99 Å². The molecule has 0 unspecified atom stereocenters. The van der Waals surface area contributed by atoms with Crippen molar-refractivity contribution in [1.29, 1.82) is 5.26 Å². The second kappa shape index (κ2) is 10.8. The maximum absolute atomic E-state index is 13.8. The van der Waals surface area contributed by atoms with E-state index in [9.17, 15) is 19.6 Å². The molecule has 0 saturated carbocycles. The fourth-order valence-electron chi connectivity index (χ4n) is 3.00. The minimum absolute atomic E-state index is 0.0557. The van der Waals surface area contributed by atoms with Crippen molar-refractivity contribution in [2.45, 2.75) is 13.0 Å². The zero-order valence-corrected chi connectivity index (χ0v) is 18.1. The van der Waals surface area contributed by atoms with Gasteiger partial charge in [0.05, 0.1) is 23.0 Å². The largest absolute Gasteiger partial charge is 0.478 e. The molecule has 0 radical (unpaired) electrons. The van der Waals surface area contributed by atoms with E-state index in [0.717, 1.165) is 18.2 Å². The number of aliphatic imine (C=N–C) groups is 1. The number of hydrogen-bond donors (Lipinski definition) is 4. The first-order valence-corrected chi connectivity index (χ1v) is 9.52. The van der Waals surface area contributed by atoms with Crippen molar-refractivity contribution in [3.63, 3.8) is 0 Å². The van der Waals surface area contributed by atoms with Gasteiger partial charge in [-0.05, 0) is 32.2 Å². The molecule has 2 aromatic rings. The van der Waals surface area contributed by atoms with Gasteiger partial charge in [-0.25, -0.2) is 19.2 Å². The first kappa shape index (κ1) is 24.2. The molecule has 0 amide bonds. The van der Waals surface area contributed by atoms with Crippen molar-refractivity contribution < 1.29 is 19.0 Å². The van der Waals surface area contributed by atoms with Gasteiger partial charge in [-0.15, -0.1) is 0 Å². The Bertz CT molecular complexity index is 1110. The number of aromatic nitrogens is 2. The van der Waals surface area contributed by atoms with Gasteiger partial charge < -0.3 is 26.2 Å². The zero-order chi connectivity index (χ0) is 23.8. The highest BCUT2D eigenvalue weighted by atomic mass is 19.1. The number of nitrogen functional groups attached to an aromatic ring is 1. The van der Waals surface area contributed by atoms with E-state index in [4.69, 9.17) is 10.5 Å². The lowest BCUT2D eigenvalue weighted by Crippen LogP contribution is -2.24. The van der Waals surface area contributed by atoms with Crippen LogP contribution in [0, 0.1) is 17.1 Å². The van der Waals surface area contributed by atoms with Crippen molar-refractivity contribution >= 4 is 23.1 Å². The molecule has 32 heavy (non-hydrogen) atoms. The Morgan fingerprint density at radius 2 is 2.16 bits per heavy atom. The van der Waals surface area contributed by atoms with E-state index >= 15 is 0 Å². The normalized spacial score (nSPS) is 13.1. The van der Waals surface area contributed by atoms with Crippen LogP contribution in [0.3, 0.4) is 0 Å². The summed E-state index contributed by atoms with van der Waals surface area (Å²) in [5.74, 6) is -1.99. The molecule has 1 heterocycles. The van der Waals surface area contributed by atoms with Crippen molar-refractivity contribution in [2.75, 3.05) is 33.4 Å². The summed E-state index contributed by atoms with van der Waals surface area (Å²) >= 11 is 0. The fourth-order valence-corrected chi connectivity index (χ4v) is 3.00. The number of halogens is 1. The SMILES string of the molecule is C/N=C(C#N)\C(=C(\CNC)NC)c1cnc(N)c(O[C@H](C)c2cc(F)ccc2C(=O)O)n1. The Hall–Kier alpha value is -4.04. The lowest BCUT2D eigenvalue weighted by Gasteiger charge is -2.19. The highest BCUT2D eigenvalue weighted by Gasteiger charge is 2.22. The molecule has 1 aromatic carbocycles. The third-order valence-corrected chi connectivity index (χ3v) is 4.52. The van der Waals surface area contributed by atoms with E-state index in [-0.39, 0.29) is 34.2 Å². The number of carbonyl (C=O) groups is 1. The summed E-state index contributed by atoms with van der Waals surface area (Å²) in [6, 6.07) is 5.32. The monoisotopic (exact) mass is 441 g/mol. The number of carboxylic acid groups (broad SMARTS) is 1. The first-order valence-electron chi connectivity index (χ1n) is 9.52. The van der Waals surface area contributed by atoms with Crippen LogP contribution in [0.25, 0.3) is 5.57 Å². The van der Waals surface area contributed by atoms with Gasteiger partial charge in [0.1, 0.15) is 23.7 Å². The summed E-state index contributed by atoms with van der Waals surface area (Å²) in [7, 11) is 4.92. The number of nitrogens with one attached hydrogen (secondary N) is 2. The molecular formula is C21H24FN7O3. The predicted octanol–water partition coefficient (Wildman–Crippen LogP) is 1.78. The molecule has 10 nitrogen and oxygen atoms in total. The average molecular weight is 441 g/mol. The summed E-state index contributed by atoms with van der Waals surface area (Å²) in [5.41, 5.74) is 7.33. The minimum Gasteiger partial charge on any atom is -0.478 e. The maximum Gasteiger partial charge on any atom is 0.336 e. The van der Waals surface area contributed by atoms with Gasteiger partial charge >= 0.3 is 5.97 Å². The molecule has 0 saturated heterocycles. The Balaban J connectivity index is 2.57. The molecule has 11 heteroatoms. The summed E-state index contributed by atoms with van der Waals surface area (Å²) in [5, 5.41) is 25.0. The lowest BCUT2D eigenvalue weighted by atomic mass is 10.0. The number of nitrogens with zero attached hydrogens (tertiary/aromatic N) is 4. The number of likely N-dealkylation sites (N-methyl/N-ethyl adjacent to an activating group) is 2. The van der Waals surface area contributed by atoms with E-state index in [1.54, 1.807) is 21.0 Å². The standard InChI is InChI=1S/C21H24FN7O3/c1-11(14-7-12(22)5-6-13(14)21(30)31)32-20-19(24)28-10-17(29-20)18(15(8-23)26-3)16(27-4)9-25-2/h5-7,10-11,25,27H,9H2,1-4H3,(H2,24,28)(H,30,31)/b18-16+,26-15-/t11-/m1/s1. The van der Waals surface area contributed by atoms with Gasteiger partial charge in [0.15, 0.2) is 5.82 Å². The van der Waals surface area contributed by atoms with E-state index in [2.05, 4.69) is 25.6 Å². The summed E-state index contributed by atoms with van der Waals surface area (Å²) in [4.78, 5) is 24.0. The number of rotatable bonds is 9. The predicted molar refractivity (Wildman–Crippen MR) is 118 cm³/mol. The van der Waals surface area contributed by atoms with E-state index in [0.29, 0.717) is 17.8 Å². The highest BCUT2D eigenvalue weighted by molar-refractivity contribution is 6.31. The highest BCUT2D eigenvalue weighted by Crippen LogP contribution is 2.29. The van der Waals surface area contributed by atoms with Crippen molar-refractivity contribution in [3.8, 4) is 11.9 Å². The lowest BCUT2D eigenvalue weighted by molar-refractivity contribution is 0.0691. The van der Waals surface area contributed by atoms with Crippen LogP contribution < -0.4 is 21.1 Å². The second-order valence-corrected chi connectivity index (χ2v) is 6.56. The molecule has 5 N–H and O–H groups in total. The Labute approximate surface area is 184 Å². The minimum atomic E-state index is -1.22. The van der Waals surface area contributed by atoms with Crippen LogP contribution >= 0.6 is 0 Å². The molecular weight excluding hydrogens is 417 g/mol. The molecule has 1 aromatic heterocycles. The van der Waals surface area contributed by atoms with Gasteiger partial charge in [0, 0.05) is 31.9 Å². The Kier molecular flexibility index (Phi) is 8.20. The average Bonchev–Trinajstić information content (AvgIpc) is 2.77. The zero-order valence-electron chi connectivity index (χ0n) is 18.1. The molecule has 1 atom stereocenters. The molecule has 0 bridgehead atoms. The summed E-state index contributed by atoms with van der Waals surface area (Å²) < 4.78 is 19.5. The Morgan fingerprint density at radius 3 is 2.72 bits per heavy atom. The van der Waals surface area contributed by atoms with Crippen LogP contribution in [0.2, 0.25) is 0 Å². The quantitative estimate of drug-likeness (QED) is 0.425. The molecule has 0 aliphatic carbocycles. The molecule has 2 rings (SSSR count). The molecule has 168 valence electrons. The van der Waals surface area contributed by atoms with Gasteiger partial charge in [-0.2, -0.15) is 5.26 Å². The van der Waals surface area contributed by atoms with E-state index in [1.807, 2.05) is 6.07 Å². The summed E-state index contributed by atoms with van der Waals surface area (Å²) in [6.07, 6.45) is 0.468. The van der Waals surface area contributed by atoms with E-state index in [1.165, 1.54) is 13.2 Å².